The monoisotopic (exact) mass is 288 g/mol. The maximum absolute atomic E-state index is 12.1. The third kappa shape index (κ3) is 3.05. The number of carbonyl (C=O) groups excluding carboxylic acids is 1. The third-order valence-electron chi connectivity index (χ3n) is 4.85. The minimum absolute atomic E-state index is 0.168. The van der Waals surface area contributed by atoms with Crippen molar-refractivity contribution >= 4 is 6.03 Å². The number of hydrogen-bond donors (Lipinski definition) is 3. The minimum Gasteiger partial charge on any atom is -0.390 e. The molecule has 21 heavy (non-hydrogen) atoms. The summed E-state index contributed by atoms with van der Waals surface area (Å²) in [5.74, 6) is 0. The summed E-state index contributed by atoms with van der Waals surface area (Å²) in [5, 5.41) is 16.1. The van der Waals surface area contributed by atoms with Gasteiger partial charge in [0.2, 0.25) is 0 Å². The molecule has 0 aliphatic heterocycles. The van der Waals surface area contributed by atoms with Gasteiger partial charge in [0, 0.05) is 13.0 Å². The first-order chi connectivity index (χ1) is 10.1. The van der Waals surface area contributed by atoms with Crippen LogP contribution in [0.3, 0.4) is 0 Å². The Balaban J connectivity index is 1.56. The molecule has 0 aromatic heterocycles. The molecule has 4 nitrogen and oxygen atoms in total. The van der Waals surface area contributed by atoms with Gasteiger partial charge in [0.1, 0.15) is 0 Å². The van der Waals surface area contributed by atoms with Crippen molar-refractivity contribution in [1.29, 1.82) is 0 Å². The Morgan fingerprint density at radius 2 is 2.14 bits per heavy atom. The molecule has 0 saturated heterocycles. The van der Waals surface area contributed by atoms with Crippen LogP contribution in [-0.2, 0) is 6.42 Å². The van der Waals surface area contributed by atoms with E-state index < -0.39 is 6.10 Å². The largest absolute Gasteiger partial charge is 0.390 e. The number of benzene rings is 1. The summed E-state index contributed by atoms with van der Waals surface area (Å²) in [4.78, 5) is 12.1. The van der Waals surface area contributed by atoms with Crippen LogP contribution >= 0.6 is 0 Å². The van der Waals surface area contributed by atoms with Gasteiger partial charge in [-0.3, -0.25) is 0 Å². The van der Waals surface area contributed by atoms with Gasteiger partial charge in [-0.1, -0.05) is 37.6 Å². The Morgan fingerprint density at radius 1 is 1.38 bits per heavy atom. The molecule has 2 aliphatic rings. The van der Waals surface area contributed by atoms with E-state index in [1.165, 1.54) is 19.3 Å². The molecule has 0 spiro atoms. The zero-order valence-electron chi connectivity index (χ0n) is 12.6. The first-order valence-corrected chi connectivity index (χ1v) is 7.94. The molecule has 0 bridgehead atoms. The van der Waals surface area contributed by atoms with E-state index in [9.17, 15) is 9.90 Å². The summed E-state index contributed by atoms with van der Waals surface area (Å²) in [6.45, 7) is 2.93. The third-order valence-corrected chi connectivity index (χ3v) is 4.85. The Bertz CT molecular complexity index is 525. The van der Waals surface area contributed by atoms with Crippen molar-refractivity contribution in [1.82, 2.24) is 10.6 Å². The highest BCUT2D eigenvalue weighted by atomic mass is 16.3. The average Bonchev–Trinajstić information content (AvgIpc) is 3.17. The van der Waals surface area contributed by atoms with E-state index >= 15 is 0 Å². The summed E-state index contributed by atoms with van der Waals surface area (Å²) >= 11 is 0. The quantitative estimate of drug-likeness (QED) is 0.779. The lowest BCUT2D eigenvalue weighted by Gasteiger charge is -2.20. The smallest absolute Gasteiger partial charge is 0.315 e. The van der Waals surface area contributed by atoms with Crippen molar-refractivity contribution in [3.05, 3.63) is 35.4 Å². The second kappa shape index (κ2) is 5.68. The van der Waals surface area contributed by atoms with Crippen LogP contribution < -0.4 is 10.6 Å². The summed E-state index contributed by atoms with van der Waals surface area (Å²) < 4.78 is 0. The highest BCUT2D eigenvalue weighted by Crippen LogP contribution is 2.48. The van der Waals surface area contributed by atoms with Gasteiger partial charge in [-0.05, 0) is 35.8 Å². The van der Waals surface area contributed by atoms with E-state index in [0.29, 0.717) is 11.8 Å². The zero-order valence-corrected chi connectivity index (χ0v) is 12.6. The molecule has 0 radical (unpaired) electrons. The second-order valence-electron chi connectivity index (χ2n) is 6.52. The fraction of sp³-hybridized carbons (Fsp3) is 0.588. The predicted molar refractivity (Wildman–Crippen MR) is 82.0 cm³/mol. The first kappa shape index (κ1) is 14.4. The second-order valence-corrected chi connectivity index (χ2v) is 6.52. The van der Waals surface area contributed by atoms with E-state index in [4.69, 9.17) is 0 Å². The molecule has 2 aliphatic carbocycles. The molecule has 2 atom stereocenters. The number of aliphatic hydroxyl groups is 1. The molecule has 2 unspecified atom stereocenters. The molecular formula is C17H24N2O2. The molecule has 3 N–H and O–H groups in total. The van der Waals surface area contributed by atoms with Crippen LogP contribution in [0.4, 0.5) is 4.79 Å². The highest BCUT2D eigenvalue weighted by molar-refractivity contribution is 5.75. The number of urea groups is 1. The van der Waals surface area contributed by atoms with E-state index in [-0.39, 0.29) is 12.1 Å². The van der Waals surface area contributed by atoms with Crippen LogP contribution in [0.2, 0.25) is 0 Å². The lowest BCUT2D eigenvalue weighted by atomic mass is 10.0. The molecule has 3 rings (SSSR count). The molecule has 1 fully saturated rings. The lowest BCUT2D eigenvalue weighted by molar-refractivity contribution is 0.142. The molecular weight excluding hydrogens is 264 g/mol. The average molecular weight is 288 g/mol. The van der Waals surface area contributed by atoms with Crippen molar-refractivity contribution in [2.75, 3.05) is 6.54 Å². The van der Waals surface area contributed by atoms with Gasteiger partial charge in [0.15, 0.2) is 0 Å². The minimum atomic E-state index is -0.529. The number of hydrogen-bond acceptors (Lipinski definition) is 2. The normalized spacial score (nSPS) is 25.2. The van der Waals surface area contributed by atoms with E-state index in [2.05, 4.69) is 17.6 Å². The molecule has 1 aromatic carbocycles. The fourth-order valence-electron chi connectivity index (χ4n) is 3.43. The van der Waals surface area contributed by atoms with Crippen LogP contribution in [-0.4, -0.2) is 23.8 Å². The maximum atomic E-state index is 12.1. The topological polar surface area (TPSA) is 61.4 Å². The highest BCUT2D eigenvalue weighted by Gasteiger charge is 2.41. The molecule has 1 saturated carbocycles. The predicted octanol–water partition coefficient (Wildman–Crippen LogP) is 2.52. The molecule has 114 valence electrons. The van der Waals surface area contributed by atoms with E-state index in [1.807, 2.05) is 24.3 Å². The van der Waals surface area contributed by atoms with Gasteiger partial charge in [-0.25, -0.2) is 4.79 Å². The molecule has 4 heteroatoms. The van der Waals surface area contributed by atoms with Crippen LogP contribution in [0.15, 0.2) is 24.3 Å². The zero-order chi connectivity index (χ0) is 14.9. The summed E-state index contributed by atoms with van der Waals surface area (Å²) in [7, 11) is 0. The number of carbonyl (C=O) groups is 1. The SMILES string of the molecule is CCCC1(CNC(=O)NC2c3ccccc3CC2O)CC1. The maximum Gasteiger partial charge on any atom is 0.315 e. The number of rotatable bonds is 5. The van der Waals surface area contributed by atoms with Gasteiger partial charge in [-0.15, -0.1) is 0 Å². The van der Waals surface area contributed by atoms with Crippen LogP contribution in [0.5, 0.6) is 0 Å². The van der Waals surface area contributed by atoms with Crippen LogP contribution in [0, 0.1) is 5.41 Å². The Kier molecular flexibility index (Phi) is 3.89. The van der Waals surface area contributed by atoms with Gasteiger partial charge in [-0.2, -0.15) is 0 Å². The van der Waals surface area contributed by atoms with Crippen molar-refractivity contribution < 1.29 is 9.90 Å². The van der Waals surface area contributed by atoms with Gasteiger partial charge in [0.05, 0.1) is 12.1 Å². The summed E-state index contributed by atoms with van der Waals surface area (Å²) in [5.41, 5.74) is 2.51. The number of nitrogens with one attached hydrogen (secondary N) is 2. The van der Waals surface area contributed by atoms with Gasteiger partial charge in [0.25, 0.3) is 0 Å². The van der Waals surface area contributed by atoms with Crippen LogP contribution in [0.1, 0.15) is 49.8 Å². The first-order valence-electron chi connectivity index (χ1n) is 7.94. The Morgan fingerprint density at radius 3 is 2.86 bits per heavy atom. The van der Waals surface area contributed by atoms with Gasteiger partial charge < -0.3 is 15.7 Å². The fourth-order valence-corrected chi connectivity index (χ4v) is 3.43. The van der Waals surface area contributed by atoms with Gasteiger partial charge >= 0.3 is 6.03 Å². The molecule has 2 amide bonds. The Labute approximate surface area is 125 Å². The van der Waals surface area contributed by atoms with Crippen molar-refractivity contribution in [2.24, 2.45) is 5.41 Å². The summed E-state index contributed by atoms with van der Waals surface area (Å²) in [6.07, 6.45) is 4.87. The Hall–Kier alpha value is -1.55. The lowest BCUT2D eigenvalue weighted by Crippen LogP contribution is -2.42. The standard InChI is InChI=1S/C17H24N2O2/c1-2-7-17(8-9-17)11-18-16(21)19-15-13-6-4-3-5-12(13)10-14(15)20/h3-6,14-15,20H,2,7-11H2,1H3,(H2,18,19,21). The van der Waals surface area contributed by atoms with Crippen molar-refractivity contribution in [2.45, 2.75) is 51.2 Å². The molecule has 0 heterocycles. The number of aliphatic hydroxyl groups excluding tert-OH is 1. The van der Waals surface area contributed by atoms with Crippen molar-refractivity contribution in [3.63, 3.8) is 0 Å². The summed E-state index contributed by atoms with van der Waals surface area (Å²) in [6, 6.07) is 7.45. The van der Waals surface area contributed by atoms with E-state index in [1.54, 1.807) is 0 Å². The number of fused-ring (bicyclic) bond motifs is 1. The molecule has 1 aromatic rings. The van der Waals surface area contributed by atoms with E-state index in [0.717, 1.165) is 24.1 Å². The number of amides is 2. The van der Waals surface area contributed by atoms with Crippen molar-refractivity contribution in [3.8, 4) is 0 Å². The van der Waals surface area contributed by atoms with Crippen LogP contribution in [0.25, 0.3) is 0 Å².